The van der Waals surface area contributed by atoms with Crippen molar-refractivity contribution in [1.29, 1.82) is 0 Å². The monoisotopic (exact) mass is 777 g/mol. The van der Waals surface area contributed by atoms with E-state index >= 15 is 4.39 Å². The summed E-state index contributed by atoms with van der Waals surface area (Å²) in [5.74, 6) is 3.87. The average Bonchev–Trinajstić information content (AvgIpc) is 3.71. The van der Waals surface area contributed by atoms with Crippen LogP contribution in [0.15, 0.2) is 60.7 Å². The summed E-state index contributed by atoms with van der Waals surface area (Å²) < 4.78 is 69.0. The minimum atomic E-state index is -0.512. The lowest BCUT2D eigenvalue weighted by atomic mass is 9.79. The first-order valence-electron chi connectivity index (χ1n) is 17.4. The quantitative estimate of drug-likeness (QED) is 0.114. The fourth-order valence-electron chi connectivity index (χ4n) is 6.53. The van der Waals surface area contributed by atoms with E-state index in [4.69, 9.17) is 52.2 Å². The number of carbonyl (C=O) groups excluding carboxylic acids is 2. The molecule has 0 aromatic heterocycles. The number of para-hydroxylation sites is 1. The van der Waals surface area contributed by atoms with Crippen LogP contribution in [0, 0.1) is 11.7 Å². The second-order valence-corrected chi connectivity index (χ2v) is 12.2. The standard InChI is InChI=1S/C32H34FNO8.C9H12O3.CH2O/c1-36-16-19-7-6-18-12-26-27(42-17-41-26)15-23(18)30(19)34-32(35)24(11-21-10-22(37-2)8-9-25(21)33)20-13-28(38-3)31(40-5)29(14-20)39-4;1-10-7-5-4-6-8(11-2)9(7)12-3;1-2/h8-15,19,30H,6-7,16-17H2,1-5H3,(H,34,35);4-6H,1-3H3;1H2/b24-11+;;. The molecule has 0 saturated carbocycles. The second-order valence-electron chi connectivity index (χ2n) is 12.2. The minimum absolute atomic E-state index is 0.0124. The summed E-state index contributed by atoms with van der Waals surface area (Å²) in [6, 6.07) is 16.6. The Labute approximate surface area is 326 Å². The zero-order chi connectivity index (χ0) is 40.8. The molecule has 1 aliphatic heterocycles. The maximum absolute atomic E-state index is 15.1. The fraction of sp³-hybridized carbons (Fsp3) is 0.333. The minimum Gasteiger partial charge on any atom is -0.497 e. The molecular formula is C42H48FNO12. The molecule has 1 amide bonds. The zero-order valence-corrected chi connectivity index (χ0v) is 32.8. The highest BCUT2D eigenvalue weighted by molar-refractivity contribution is 6.24. The van der Waals surface area contributed by atoms with Gasteiger partial charge in [0.15, 0.2) is 34.5 Å². The summed E-state index contributed by atoms with van der Waals surface area (Å²) in [6.07, 6.45) is 3.08. The van der Waals surface area contributed by atoms with Crippen molar-refractivity contribution in [3.63, 3.8) is 0 Å². The molecule has 14 heteroatoms. The van der Waals surface area contributed by atoms with E-state index < -0.39 is 17.8 Å². The molecule has 2 atom stereocenters. The topological polar surface area (TPSA) is 138 Å². The van der Waals surface area contributed by atoms with E-state index in [1.165, 1.54) is 52.7 Å². The van der Waals surface area contributed by atoms with Crippen LogP contribution >= 0.6 is 0 Å². The molecule has 1 heterocycles. The Hall–Kier alpha value is -6.15. The normalized spacial score (nSPS) is 15.1. The van der Waals surface area contributed by atoms with E-state index in [9.17, 15) is 4.79 Å². The van der Waals surface area contributed by atoms with Crippen molar-refractivity contribution in [3.05, 3.63) is 88.7 Å². The highest BCUT2D eigenvalue weighted by atomic mass is 19.1. The molecule has 13 nitrogen and oxygen atoms in total. The molecule has 0 bridgehead atoms. The fourth-order valence-corrected chi connectivity index (χ4v) is 6.53. The van der Waals surface area contributed by atoms with Crippen LogP contribution in [-0.2, 0) is 20.7 Å². The lowest BCUT2D eigenvalue weighted by Crippen LogP contribution is -2.38. The Bertz CT molecular complexity index is 1940. The van der Waals surface area contributed by atoms with Gasteiger partial charge in [0.1, 0.15) is 18.4 Å². The number of hydrogen-bond acceptors (Lipinski definition) is 12. The molecule has 2 aliphatic rings. The molecule has 2 unspecified atom stereocenters. The predicted octanol–water partition coefficient (Wildman–Crippen LogP) is 6.72. The number of amides is 1. The van der Waals surface area contributed by atoms with Crippen LogP contribution < -0.4 is 47.9 Å². The predicted molar refractivity (Wildman–Crippen MR) is 207 cm³/mol. The number of fused-ring (bicyclic) bond motifs is 2. The molecule has 300 valence electrons. The number of methoxy groups -OCH3 is 8. The summed E-state index contributed by atoms with van der Waals surface area (Å²) in [5, 5.41) is 3.22. The van der Waals surface area contributed by atoms with E-state index in [0.29, 0.717) is 63.9 Å². The molecule has 0 spiro atoms. The highest BCUT2D eigenvalue weighted by Gasteiger charge is 2.34. The SMILES string of the molecule is C=O.COCC1CCc2cc3c(cc2C1NC(=O)/C(=C/c1cc(OC)ccc1F)c1cc(OC)c(OC)c(OC)c1)OCO3.COc1cccc(OC)c1OC. The van der Waals surface area contributed by atoms with Crippen molar-refractivity contribution in [2.45, 2.75) is 18.9 Å². The molecular weight excluding hydrogens is 729 g/mol. The van der Waals surface area contributed by atoms with Gasteiger partial charge in [-0.3, -0.25) is 4.79 Å². The average molecular weight is 778 g/mol. The third kappa shape index (κ3) is 9.55. The molecule has 4 aromatic rings. The summed E-state index contributed by atoms with van der Waals surface area (Å²) >= 11 is 0. The van der Waals surface area contributed by atoms with Gasteiger partial charge in [-0.25, -0.2) is 4.39 Å². The van der Waals surface area contributed by atoms with Crippen molar-refractivity contribution >= 4 is 24.3 Å². The molecule has 0 radical (unpaired) electrons. The van der Waals surface area contributed by atoms with Gasteiger partial charge in [-0.15, -0.1) is 0 Å². The Morgan fingerprint density at radius 2 is 1.36 bits per heavy atom. The van der Waals surface area contributed by atoms with Gasteiger partial charge in [-0.05, 0) is 90.2 Å². The van der Waals surface area contributed by atoms with Gasteiger partial charge in [0, 0.05) is 24.2 Å². The summed E-state index contributed by atoms with van der Waals surface area (Å²) in [5.41, 5.74) is 2.79. The summed E-state index contributed by atoms with van der Waals surface area (Å²) in [7, 11) is 12.4. The van der Waals surface area contributed by atoms with E-state index in [1.54, 1.807) is 40.6 Å². The van der Waals surface area contributed by atoms with Crippen molar-refractivity contribution < 1.29 is 61.3 Å². The third-order valence-corrected chi connectivity index (χ3v) is 9.20. The van der Waals surface area contributed by atoms with E-state index in [1.807, 2.05) is 37.1 Å². The largest absolute Gasteiger partial charge is 0.497 e. The maximum Gasteiger partial charge on any atom is 0.252 e. The van der Waals surface area contributed by atoms with Crippen LogP contribution in [0.3, 0.4) is 0 Å². The maximum atomic E-state index is 15.1. The number of aryl methyl sites for hydroxylation is 1. The van der Waals surface area contributed by atoms with Crippen LogP contribution in [0.25, 0.3) is 11.6 Å². The van der Waals surface area contributed by atoms with Gasteiger partial charge in [-0.2, -0.15) is 0 Å². The van der Waals surface area contributed by atoms with Crippen LogP contribution in [0.5, 0.6) is 51.7 Å². The number of carbonyl (C=O) groups is 2. The summed E-state index contributed by atoms with van der Waals surface area (Å²) in [4.78, 5) is 22.3. The second kappa shape index (κ2) is 20.5. The van der Waals surface area contributed by atoms with Crippen LogP contribution in [-0.4, -0.2) is 83.0 Å². The first-order chi connectivity index (χ1) is 27.2. The number of rotatable bonds is 13. The number of benzene rings is 4. The zero-order valence-electron chi connectivity index (χ0n) is 32.8. The molecule has 6 rings (SSSR count). The summed E-state index contributed by atoms with van der Waals surface area (Å²) in [6.45, 7) is 2.59. The van der Waals surface area contributed by atoms with Gasteiger partial charge in [0.25, 0.3) is 5.91 Å². The van der Waals surface area contributed by atoms with Crippen molar-refractivity contribution in [3.8, 4) is 51.7 Å². The Morgan fingerprint density at radius 3 is 1.91 bits per heavy atom. The van der Waals surface area contributed by atoms with Crippen LogP contribution in [0.1, 0.15) is 34.7 Å². The highest BCUT2D eigenvalue weighted by Crippen LogP contribution is 2.44. The molecule has 4 aromatic carbocycles. The lowest BCUT2D eigenvalue weighted by Gasteiger charge is -2.34. The number of halogens is 1. The van der Waals surface area contributed by atoms with Crippen LogP contribution in [0.2, 0.25) is 0 Å². The Kier molecular flexibility index (Phi) is 15.6. The number of hydrogen-bond donors (Lipinski definition) is 1. The van der Waals surface area contributed by atoms with Crippen molar-refractivity contribution in [1.82, 2.24) is 5.32 Å². The van der Waals surface area contributed by atoms with Gasteiger partial charge >= 0.3 is 0 Å². The lowest BCUT2D eigenvalue weighted by molar-refractivity contribution is -0.117. The van der Waals surface area contributed by atoms with Crippen LogP contribution in [0.4, 0.5) is 4.39 Å². The van der Waals surface area contributed by atoms with Crippen molar-refractivity contribution in [2.75, 3.05) is 70.3 Å². The molecule has 1 aliphatic carbocycles. The van der Waals surface area contributed by atoms with Crippen molar-refractivity contribution in [2.24, 2.45) is 5.92 Å². The van der Waals surface area contributed by atoms with Gasteiger partial charge in [0.05, 0.1) is 62.4 Å². The van der Waals surface area contributed by atoms with Gasteiger partial charge in [0.2, 0.25) is 18.3 Å². The smallest absolute Gasteiger partial charge is 0.252 e. The molecule has 56 heavy (non-hydrogen) atoms. The van der Waals surface area contributed by atoms with E-state index in [2.05, 4.69) is 5.32 Å². The number of nitrogens with one attached hydrogen (secondary N) is 1. The first kappa shape index (κ1) is 42.6. The molecule has 0 fully saturated rings. The third-order valence-electron chi connectivity index (χ3n) is 9.20. The van der Waals surface area contributed by atoms with Gasteiger partial charge in [-0.1, -0.05) is 6.07 Å². The first-order valence-corrected chi connectivity index (χ1v) is 17.4. The Morgan fingerprint density at radius 1 is 0.768 bits per heavy atom. The van der Waals surface area contributed by atoms with E-state index in [-0.39, 0.29) is 23.8 Å². The van der Waals surface area contributed by atoms with E-state index in [0.717, 1.165) is 24.0 Å². The molecule has 1 N–H and O–H groups in total. The number of ether oxygens (including phenoxy) is 10. The molecule has 0 saturated heterocycles. The van der Waals surface area contributed by atoms with Gasteiger partial charge < -0.3 is 57.5 Å². The Balaban J connectivity index is 0.000000422.